The number of rotatable bonds is 30. The van der Waals surface area contributed by atoms with Crippen LogP contribution in [0.4, 0.5) is 4.79 Å². The molecule has 2 fully saturated rings. The Morgan fingerprint density at radius 1 is 0.857 bits per heavy atom. The summed E-state index contributed by atoms with van der Waals surface area (Å²) in [5.74, 6) is -4.53. The highest BCUT2D eigenvalue weighted by atomic mass is 32.2. The lowest BCUT2D eigenvalue weighted by molar-refractivity contribution is -0.137. The minimum absolute atomic E-state index is 0.00849. The molecular formula is C39H64N12O10S2. The first kappa shape index (κ1) is 52.2. The van der Waals surface area contributed by atoms with E-state index in [-0.39, 0.29) is 55.6 Å². The fourth-order valence-electron chi connectivity index (χ4n) is 7.14. The van der Waals surface area contributed by atoms with Crippen LogP contribution in [0.1, 0.15) is 83.7 Å². The number of imidazole rings is 1. The Bertz CT molecular complexity index is 1700. The number of aromatic nitrogens is 2. The molecule has 63 heavy (non-hydrogen) atoms. The second kappa shape index (κ2) is 27.9. The highest BCUT2D eigenvalue weighted by Gasteiger charge is 2.42. The van der Waals surface area contributed by atoms with Crippen molar-refractivity contribution in [2.75, 3.05) is 37.4 Å². The molecule has 1 aromatic heterocycles. The maximum atomic E-state index is 13.6. The van der Waals surface area contributed by atoms with Gasteiger partial charge >= 0.3 is 6.03 Å². The van der Waals surface area contributed by atoms with E-state index in [1.165, 1.54) is 29.8 Å². The number of thioether (sulfide) groups is 2. The summed E-state index contributed by atoms with van der Waals surface area (Å²) < 4.78 is 0. The molecule has 0 aliphatic carbocycles. The van der Waals surface area contributed by atoms with E-state index >= 15 is 0 Å². The molecule has 2 aliphatic heterocycles. The molecule has 2 saturated heterocycles. The van der Waals surface area contributed by atoms with Crippen LogP contribution in [0.5, 0.6) is 0 Å². The molecule has 0 saturated carbocycles. The van der Waals surface area contributed by atoms with Crippen molar-refractivity contribution in [3.63, 3.8) is 0 Å². The van der Waals surface area contributed by atoms with E-state index < -0.39 is 78.5 Å². The van der Waals surface area contributed by atoms with Crippen LogP contribution in [0.15, 0.2) is 12.5 Å². The SMILES string of the molecule is CSCC[C@H](NC(=O)[C@H](Cc1cnc[nH]1)NC(=O)C(CC(=O)NO)CC(C)C)C(=O)NCC(=O)NCC(=O)N[C@@H](CCCCNC(=O)CCCC[C@@H]1SC[C@@H]2NC(=O)N[C@@H]21)C(N)=O. The lowest BCUT2D eigenvalue weighted by atomic mass is 9.92. The predicted molar refractivity (Wildman–Crippen MR) is 235 cm³/mol. The molecule has 0 spiro atoms. The molecule has 3 rings (SSSR count). The topological polar surface area (TPSA) is 337 Å². The maximum Gasteiger partial charge on any atom is 0.315 e. The van der Waals surface area contributed by atoms with Crippen LogP contribution < -0.4 is 53.7 Å². The van der Waals surface area contributed by atoms with Gasteiger partial charge < -0.3 is 53.3 Å². The Kier molecular flexibility index (Phi) is 23.1. The van der Waals surface area contributed by atoms with Crippen LogP contribution in [0.3, 0.4) is 0 Å². The number of aromatic amines is 1. The minimum atomic E-state index is -1.19. The molecule has 0 bridgehead atoms. The summed E-state index contributed by atoms with van der Waals surface area (Å²) in [5, 5.41) is 30.8. The van der Waals surface area contributed by atoms with Crippen molar-refractivity contribution in [1.82, 2.24) is 58.0 Å². The highest BCUT2D eigenvalue weighted by Crippen LogP contribution is 2.33. The Hall–Kier alpha value is -5.10. The molecule has 2 aliphatic rings. The smallest absolute Gasteiger partial charge is 0.315 e. The number of amides is 10. The molecule has 0 radical (unpaired) electrons. The first-order valence-corrected chi connectivity index (χ1v) is 23.6. The van der Waals surface area contributed by atoms with Gasteiger partial charge in [0.1, 0.15) is 18.1 Å². The number of nitrogens with zero attached hydrogens (tertiary/aromatic N) is 1. The van der Waals surface area contributed by atoms with Crippen LogP contribution in [-0.4, -0.2) is 141 Å². The number of primary amides is 1. The second-order valence-corrected chi connectivity index (χ2v) is 18.2. The van der Waals surface area contributed by atoms with Crippen LogP contribution in [-0.2, 0) is 44.8 Å². The maximum absolute atomic E-state index is 13.6. The standard InChI is InChI=1S/C39H64N12O10S2/c1-22(2)14-23(15-31(53)51-61)36(57)48-27(16-24-17-41-21-45-24)38(59)47-26(11-13-62-3)37(58)44-18-32(54)43-19-33(55)46-25(35(40)56)8-6-7-12-42-30(52)10-5-4-9-29-34-28(20-63-29)49-39(60)50-34/h17,21-23,25-29,34,61H,4-16,18-20H2,1-3H3,(H2,40,56)(H,41,45)(H,42,52)(H,43,54)(H,44,58)(H,46,55)(H,47,59)(H,48,57)(H,51,53)(H2,49,50,60)/t23?,25-,26-,27-,28-,29-,34-/m0/s1. The van der Waals surface area contributed by atoms with Gasteiger partial charge in [-0.05, 0) is 62.9 Å². The molecule has 3 heterocycles. The Labute approximate surface area is 375 Å². The highest BCUT2D eigenvalue weighted by molar-refractivity contribution is 8.00. The first-order valence-electron chi connectivity index (χ1n) is 21.2. The zero-order valence-corrected chi connectivity index (χ0v) is 37.7. The number of unbranched alkanes of at least 4 members (excludes halogenated alkanes) is 2. The summed E-state index contributed by atoms with van der Waals surface area (Å²) in [6, 6.07) is -3.14. The van der Waals surface area contributed by atoms with E-state index in [1.807, 2.05) is 31.9 Å². The lowest BCUT2D eigenvalue weighted by Gasteiger charge is -2.25. The molecular weight excluding hydrogens is 861 g/mol. The van der Waals surface area contributed by atoms with Crippen molar-refractivity contribution in [1.29, 1.82) is 0 Å². The van der Waals surface area contributed by atoms with Crippen molar-refractivity contribution in [3.8, 4) is 0 Å². The fourth-order valence-corrected chi connectivity index (χ4v) is 9.16. The molecule has 24 heteroatoms. The van der Waals surface area contributed by atoms with Gasteiger partial charge in [-0.3, -0.25) is 43.6 Å². The third-order valence-electron chi connectivity index (χ3n) is 10.4. The third-order valence-corrected chi connectivity index (χ3v) is 12.6. The molecule has 0 aromatic carbocycles. The molecule has 1 aromatic rings. The Morgan fingerprint density at radius 3 is 2.29 bits per heavy atom. The third kappa shape index (κ3) is 19.5. The van der Waals surface area contributed by atoms with Crippen LogP contribution in [0.25, 0.3) is 0 Å². The van der Waals surface area contributed by atoms with Gasteiger partial charge in [-0.15, -0.1) is 0 Å². The van der Waals surface area contributed by atoms with Gasteiger partial charge in [0, 0.05) is 54.6 Å². The van der Waals surface area contributed by atoms with Crippen molar-refractivity contribution >= 4 is 76.8 Å². The Balaban J connectivity index is 1.39. The normalized spacial score (nSPS) is 18.4. The number of hydrogen-bond acceptors (Lipinski definition) is 13. The van der Waals surface area contributed by atoms with E-state index in [0.29, 0.717) is 48.9 Å². The number of hydroxylamine groups is 1. The van der Waals surface area contributed by atoms with Crippen molar-refractivity contribution in [3.05, 3.63) is 18.2 Å². The van der Waals surface area contributed by atoms with E-state index in [2.05, 4.69) is 52.5 Å². The average molecular weight is 925 g/mol. The van der Waals surface area contributed by atoms with Crippen LogP contribution in [0.2, 0.25) is 0 Å². The van der Waals surface area contributed by atoms with Gasteiger partial charge in [-0.2, -0.15) is 23.5 Å². The quantitative estimate of drug-likeness (QED) is 0.0180. The average Bonchev–Trinajstić information content (AvgIpc) is 3.99. The summed E-state index contributed by atoms with van der Waals surface area (Å²) in [7, 11) is 0. The molecule has 13 N–H and O–H groups in total. The molecule has 1 unspecified atom stereocenters. The summed E-state index contributed by atoms with van der Waals surface area (Å²) in [6.45, 7) is 3.05. The van der Waals surface area contributed by atoms with Gasteiger partial charge in [0.25, 0.3) is 0 Å². The summed E-state index contributed by atoms with van der Waals surface area (Å²) in [5.41, 5.74) is 7.53. The van der Waals surface area contributed by atoms with Crippen molar-refractivity contribution in [2.24, 2.45) is 17.6 Å². The number of hydrogen-bond donors (Lipinski definition) is 12. The zero-order valence-electron chi connectivity index (χ0n) is 36.0. The lowest BCUT2D eigenvalue weighted by Crippen LogP contribution is -2.56. The van der Waals surface area contributed by atoms with E-state index in [9.17, 15) is 43.2 Å². The van der Waals surface area contributed by atoms with Gasteiger partial charge in [-0.1, -0.05) is 20.3 Å². The monoisotopic (exact) mass is 924 g/mol. The fraction of sp³-hybridized carbons (Fsp3) is 0.692. The number of nitrogens with one attached hydrogen (secondary N) is 10. The van der Waals surface area contributed by atoms with E-state index in [0.717, 1.165) is 25.0 Å². The molecule has 10 amide bonds. The van der Waals surface area contributed by atoms with Gasteiger partial charge in [0.2, 0.25) is 47.3 Å². The van der Waals surface area contributed by atoms with Crippen molar-refractivity contribution < 1.29 is 48.4 Å². The Morgan fingerprint density at radius 2 is 1.60 bits per heavy atom. The minimum Gasteiger partial charge on any atom is -0.368 e. The number of urea groups is 1. The number of fused-ring (bicyclic) bond motifs is 1. The molecule has 352 valence electrons. The van der Waals surface area contributed by atoms with Crippen molar-refractivity contribution in [2.45, 2.75) is 120 Å². The molecule has 7 atom stereocenters. The van der Waals surface area contributed by atoms with Gasteiger partial charge in [0.05, 0.1) is 31.5 Å². The van der Waals surface area contributed by atoms with Gasteiger partial charge in [0.15, 0.2) is 0 Å². The van der Waals surface area contributed by atoms with Crippen LogP contribution >= 0.6 is 23.5 Å². The second-order valence-electron chi connectivity index (χ2n) is 16.0. The first-order chi connectivity index (χ1) is 30.1. The number of carbonyl (C=O) groups is 9. The van der Waals surface area contributed by atoms with Crippen LogP contribution in [0, 0.1) is 11.8 Å². The summed E-state index contributed by atoms with van der Waals surface area (Å²) in [6.07, 6.45) is 8.92. The van der Waals surface area contributed by atoms with E-state index in [1.54, 1.807) is 0 Å². The number of carbonyl (C=O) groups excluding carboxylic acids is 9. The van der Waals surface area contributed by atoms with E-state index in [4.69, 9.17) is 10.9 Å². The number of H-pyrrole nitrogens is 1. The number of nitrogens with two attached hydrogens (primary N) is 1. The summed E-state index contributed by atoms with van der Waals surface area (Å²) in [4.78, 5) is 120. The predicted octanol–water partition coefficient (Wildman–Crippen LogP) is -1.55. The largest absolute Gasteiger partial charge is 0.368 e. The zero-order chi connectivity index (χ0) is 46.3. The molecule has 22 nitrogen and oxygen atoms in total. The van der Waals surface area contributed by atoms with Gasteiger partial charge in [-0.25, -0.2) is 15.3 Å². The summed E-state index contributed by atoms with van der Waals surface area (Å²) >= 11 is 3.25.